The van der Waals surface area contributed by atoms with Gasteiger partial charge in [0.25, 0.3) is 0 Å². The van der Waals surface area contributed by atoms with E-state index in [1.165, 1.54) is 54.9 Å². The highest BCUT2D eigenvalue weighted by molar-refractivity contribution is 6.25. The van der Waals surface area contributed by atoms with Crippen molar-refractivity contribution in [2.75, 3.05) is 0 Å². The number of hydrogen-bond acceptors (Lipinski definition) is 4. The van der Waals surface area contributed by atoms with Crippen LogP contribution in [0.25, 0.3) is 122 Å². The van der Waals surface area contributed by atoms with Gasteiger partial charge in [0.2, 0.25) is 0 Å². The van der Waals surface area contributed by atoms with Crippen LogP contribution in [0.5, 0.6) is 0 Å². The standard InChI is InChI=1S/C58H34N4/c59-35-40-17-11-23-44-41(40)22-12-24-48(44)52-32-31-50-46-20-9-10-21-47(46)51-33-34-53(55(52)54(50)51)49-30-29-42(43-18-7-8-19-45(43)49)36-25-27-39(28-26-36)58-61-56(37-13-3-1-4-14-37)60-57(62-58)38-15-5-2-6-16-38/h1-34H. The maximum atomic E-state index is 10.1. The van der Waals surface area contributed by atoms with Crippen LogP contribution in [0.15, 0.2) is 206 Å². The minimum absolute atomic E-state index is 0.629. The molecule has 0 radical (unpaired) electrons. The Morgan fingerprint density at radius 3 is 1.18 bits per heavy atom. The Hall–Kier alpha value is -8.52. The SMILES string of the molecule is N#Cc1cccc2c(-c3ccc4c5c(ccc(-c6ccc(-c7ccc(-c8nc(-c9ccccc9)nc(-c9ccccc9)n8)cc7)c7ccccc67)c35)-c3ccccc3-4)cccc12. The molecule has 1 aromatic heterocycles. The molecule has 0 unspecified atom stereocenters. The molecule has 0 saturated carbocycles. The molecule has 286 valence electrons. The fraction of sp³-hybridized carbons (Fsp3) is 0. The number of nitrogens with zero attached hydrogens (tertiary/aromatic N) is 4. The number of aromatic nitrogens is 3. The molecule has 0 fully saturated rings. The van der Waals surface area contributed by atoms with E-state index in [2.05, 4.69) is 140 Å². The maximum absolute atomic E-state index is 10.1. The van der Waals surface area contributed by atoms with Crippen molar-refractivity contribution in [1.82, 2.24) is 15.0 Å². The minimum Gasteiger partial charge on any atom is -0.208 e. The Morgan fingerprint density at radius 1 is 0.258 bits per heavy atom. The Bertz CT molecular complexity index is 3540. The minimum atomic E-state index is 0.629. The third-order valence-corrected chi connectivity index (χ3v) is 12.4. The van der Waals surface area contributed by atoms with Crippen LogP contribution in [0.3, 0.4) is 0 Å². The van der Waals surface area contributed by atoms with Crippen LogP contribution in [0.1, 0.15) is 5.56 Å². The summed E-state index contributed by atoms with van der Waals surface area (Å²) >= 11 is 0. The summed E-state index contributed by atoms with van der Waals surface area (Å²) in [6.45, 7) is 0. The van der Waals surface area contributed by atoms with Crippen molar-refractivity contribution in [2.45, 2.75) is 0 Å². The van der Waals surface area contributed by atoms with Gasteiger partial charge in [-0.25, -0.2) is 15.0 Å². The van der Waals surface area contributed by atoms with Crippen molar-refractivity contribution in [3.63, 3.8) is 0 Å². The van der Waals surface area contributed by atoms with Gasteiger partial charge in [0.05, 0.1) is 11.6 Å². The summed E-state index contributed by atoms with van der Waals surface area (Å²) in [7, 11) is 0. The van der Waals surface area contributed by atoms with Gasteiger partial charge in [-0.1, -0.05) is 200 Å². The summed E-state index contributed by atoms with van der Waals surface area (Å²) < 4.78 is 0. The highest BCUT2D eigenvalue weighted by Gasteiger charge is 2.26. The smallest absolute Gasteiger partial charge is 0.164 e. The monoisotopic (exact) mass is 786 g/mol. The highest BCUT2D eigenvalue weighted by atomic mass is 15.0. The maximum Gasteiger partial charge on any atom is 0.164 e. The largest absolute Gasteiger partial charge is 0.208 e. The molecule has 1 aliphatic rings. The normalized spacial score (nSPS) is 11.5. The van der Waals surface area contributed by atoms with Crippen molar-refractivity contribution in [3.8, 4) is 95.9 Å². The van der Waals surface area contributed by atoms with Crippen molar-refractivity contribution >= 4 is 32.3 Å². The van der Waals surface area contributed by atoms with Crippen molar-refractivity contribution < 1.29 is 0 Å². The highest BCUT2D eigenvalue weighted by Crippen LogP contribution is 2.53. The third kappa shape index (κ3) is 5.64. The zero-order valence-corrected chi connectivity index (χ0v) is 33.4. The number of nitriles is 1. The lowest BCUT2D eigenvalue weighted by atomic mass is 9.84. The number of fused-ring (bicyclic) bond motifs is 5. The van der Waals surface area contributed by atoms with Gasteiger partial charge < -0.3 is 0 Å². The Kier molecular flexibility index (Phi) is 8.19. The van der Waals surface area contributed by atoms with E-state index in [4.69, 9.17) is 15.0 Å². The molecule has 62 heavy (non-hydrogen) atoms. The molecule has 0 aliphatic heterocycles. The zero-order valence-electron chi connectivity index (χ0n) is 33.4. The molecular formula is C58H34N4. The third-order valence-electron chi connectivity index (χ3n) is 12.4. The predicted octanol–water partition coefficient (Wildman–Crippen LogP) is 14.9. The van der Waals surface area contributed by atoms with Crippen LogP contribution < -0.4 is 0 Å². The van der Waals surface area contributed by atoms with E-state index in [-0.39, 0.29) is 0 Å². The topological polar surface area (TPSA) is 62.5 Å². The van der Waals surface area contributed by atoms with Crippen LogP contribution >= 0.6 is 0 Å². The van der Waals surface area contributed by atoms with E-state index in [9.17, 15) is 5.26 Å². The lowest BCUT2D eigenvalue weighted by molar-refractivity contribution is 1.07. The molecule has 10 aromatic carbocycles. The molecule has 0 spiro atoms. The number of hydrogen-bond donors (Lipinski definition) is 0. The van der Waals surface area contributed by atoms with Crippen molar-refractivity contribution in [3.05, 3.63) is 212 Å². The molecule has 4 nitrogen and oxygen atoms in total. The average molecular weight is 787 g/mol. The summed E-state index contributed by atoms with van der Waals surface area (Å²) in [6, 6.07) is 74.8. The number of benzene rings is 10. The van der Waals surface area contributed by atoms with Crippen molar-refractivity contribution in [1.29, 1.82) is 5.26 Å². The van der Waals surface area contributed by atoms with Gasteiger partial charge in [-0.2, -0.15) is 5.26 Å². The molecule has 0 amide bonds. The quantitative estimate of drug-likeness (QED) is 0.168. The van der Waals surface area contributed by atoms with Crippen LogP contribution in [-0.2, 0) is 0 Å². The van der Waals surface area contributed by atoms with E-state index in [1.54, 1.807) is 0 Å². The summed E-state index contributed by atoms with van der Waals surface area (Å²) in [5.41, 5.74) is 15.4. The molecule has 1 heterocycles. The fourth-order valence-electron chi connectivity index (χ4n) is 9.51. The van der Waals surface area contributed by atoms with Crippen LogP contribution in [0.2, 0.25) is 0 Å². The van der Waals surface area contributed by atoms with Gasteiger partial charge in [-0.15, -0.1) is 0 Å². The van der Waals surface area contributed by atoms with Crippen LogP contribution in [-0.4, -0.2) is 15.0 Å². The van der Waals surface area contributed by atoms with E-state index in [1.807, 2.05) is 72.8 Å². The number of rotatable bonds is 6. The van der Waals surface area contributed by atoms with E-state index in [0.29, 0.717) is 23.0 Å². The van der Waals surface area contributed by atoms with Gasteiger partial charge >= 0.3 is 0 Å². The summed E-state index contributed by atoms with van der Waals surface area (Å²) in [6.07, 6.45) is 0. The second-order valence-corrected chi connectivity index (χ2v) is 15.8. The molecule has 1 aliphatic carbocycles. The first-order chi connectivity index (χ1) is 30.7. The first-order valence-corrected chi connectivity index (χ1v) is 20.8. The van der Waals surface area contributed by atoms with Gasteiger partial charge in [0, 0.05) is 22.1 Å². The second-order valence-electron chi connectivity index (χ2n) is 15.8. The van der Waals surface area contributed by atoms with Gasteiger partial charge in [-0.05, 0) is 88.6 Å². The zero-order chi connectivity index (χ0) is 41.1. The summed E-state index contributed by atoms with van der Waals surface area (Å²) in [5.74, 6) is 1.91. The van der Waals surface area contributed by atoms with E-state index < -0.39 is 0 Å². The second kappa shape index (κ2) is 14.3. The fourth-order valence-corrected chi connectivity index (χ4v) is 9.51. The van der Waals surface area contributed by atoms with E-state index >= 15 is 0 Å². The molecule has 12 rings (SSSR count). The van der Waals surface area contributed by atoms with Gasteiger partial charge in [0.15, 0.2) is 17.5 Å². The molecule has 0 atom stereocenters. The molecule has 0 N–H and O–H groups in total. The predicted molar refractivity (Wildman–Crippen MR) is 254 cm³/mol. The van der Waals surface area contributed by atoms with Crippen LogP contribution in [0, 0.1) is 11.3 Å². The Morgan fingerprint density at radius 2 is 0.613 bits per heavy atom. The first-order valence-electron chi connectivity index (χ1n) is 20.8. The molecule has 0 saturated heterocycles. The van der Waals surface area contributed by atoms with Crippen molar-refractivity contribution in [2.24, 2.45) is 0 Å². The average Bonchev–Trinajstić information content (AvgIpc) is 3.68. The molecule has 0 bridgehead atoms. The summed E-state index contributed by atoms with van der Waals surface area (Å²) in [5, 5.41) is 16.9. The Labute approximate surface area is 358 Å². The Balaban J connectivity index is 1.02. The lowest BCUT2D eigenvalue weighted by Crippen LogP contribution is -2.00. The van der Waals surface area contributed by atoms with Gasteiger partial charge in [-0.3, -0.25) is 0 Å². The van der Waals surface area contributed by atoms with Crippen LogP contribution in [0.4, 0.5) is 0 Å². The lowest BCUT2D eigenvalue weighted by Gasteiger charge is -2.18. The molecular weight excluding hydrogens is 753 g/mol. The van der Waals surface area contributed by atoms with Gasteiger partial charge in [0.1, 0.15) is 0 Å². The molecule has 11 aromatic rings. The summed E-state index contributed by atoms with van der Waals surface area (Å²) in [4.78, 5) is 14.8. The van der Waals surface area contributed by atoms with E-state index in [0.717, 1.165) is 49.7 Å². The molecule has 4 heteroatoms. The first kappa shape index (κ1) is 35.4.